The number of hydrogen-bond acceptors (Lipinski definition) is 8. The van der Waals surface area contributed by atoms with Crippen molar-refractivity contribution in [1.29, 1.82) is 0 Å². The van der Waals surface area contributed by atoms with Crippen molar-refractivity contribution in [3.05, 3.63) is 117 Å². The maximum absolute atomic E-state index is 14.4. The number of rotatable bonds is 12. The van der Waals surface area contributed by atoms with Crippen LogP contribution in [0.15, 0.2) is 77.6 Å². The Hall–Kier alpha value is -5.74. The molecule has 4 aromatic carbocycles. The molecule has 2 aromatic heterocycles. The zero-order chi connectivity index (χ0) is 37.3. The highest BCUT2D eigenvalue weighted by atomic mass is 35.5. The van der Waals surface area contributed by atoms with Crippen LogP contribution in [0.4, 0.5) is 19.4 Å². The van der Waals surface area contributed by atoms with Gasteiger partial charge in [0, 0.05) is 25.6 Å². The van der Waals surface area contributed by atoms with Gasteiger partial charge >= 0.3 is 6.09 Å². The number of aromatic nitrogens is 4. The molecule has 6 rings (SSSR count). The monoisotopic (exact) mass is 752 g/mol. The predicted molar refractivity (Wildman–Crippen MR) is 191 cm³/mol. The number of carboxylic acid groups (broad SMARTS) is 1. The molecule has 0 bridgehead atoms. The lowest BCUT2D eigenvalue weighted by molar-refractivity contribution is 0.189. The number of fused-ring (bicyclic) bond motifs is 2. The van der Waals surface area contributed by atoms with E-state index < -0.39 is 39.4 Å². The second-order valence-electron chi connectivity index (χ2n) is 11.8. The van der Waals surface area contributed by atoms with E-state index in [4.69, 9.17) is 26.1 Å². The highest BCUT2D eigenvalue weighted by molar-refractivity contribution is 7.92. The minimum absolute atomic E-state index is 0.0795. The number of ether oxygens (including phenoxy) is 2. The van der Waals surface area contributed by atoms with E-state index in [0.717, 1.165) is 22.3 Å². The molecule has 270 valence electrons. The van der Waals surface area contributed by atoms with Crippen LogP contribution in [0.25, 0.3) is 27.5 Å². The summed E-state index contributed by atoms with van der Waals surface area (Å²) < 4.78 is 70.6. The third-order valence-electron chi connectivity index (χ3n) is 8.30. The zero-order valence-corrected chi connectivity index (χ0v) is 29.4. The molecule has 0 spiro atoms. The molecule has 1 amide bonds. The highest BCUT2D eigenvalue weighted by Gasteiger charge is 2.28. The van der Waals surface area contributed by atoms with Crippen molar-refractivity contribution < 1.29 is 36.6 Å². The van der Waals surface area contributed by atoms with E-state index in [2.05, 4.69) is 15.1 Å². The fourth-order valence-electron chi connectivity index (χ4n) is 5.95. The lowest BCUT2D eigenvalue weighted by Gasteiger charge is -2.22. The summed E-state index contributed by atoms with van der Waals surface area (Å²) in [5, 5.41) is 17.0. The van der Waals surface area contributed by atoms with Gasteiger partial charge in [-0.25, -0.2) is 27.0 Å². The predicted octanol–water partition coefficient (Wildman–Crippen LogP) is 5.76. The van der Waals surface area contributed by atoms with Crippen LogP contribution in [0.1, 0.15) is 23.0 Å². The first kappa shape index (κ1) is 36.1. The summed E-state index contributed by atoms with van der Waals surface area (Å²) in [7, 11) is 0.487. The van der Waals surface area contributed by atoms with Gasteiger partial charge in [-0.1, -0.05) is 23.7 Å². The Balaban J connectivity index is 1.51. The van der Waals surface area contributed by atoms with Gasteiger partial charge in [0.25, 0.3) is 5.56 Å². The number of anilines is 1. The maximum atomic E-state index is 14.4. The van der Waals surface area contributed by atoms with Crippen LogP contribution in [0.5, 0.6) is 11.5 Å². The third-order valence-corrected chi connectivity index (χ3v) is 9.86. The summed E-state index contributed by atoms with van der Waals surface area (Å²) in [5.41, 5.74) is 0.665. The number of methoxy groups -OCH3 is 2. The van der Waals surface area contributed by atoms with Crippen LogP contribution >= 0.6 is 11.6 Å². The Kier molecular flexibility index (Phi) is 10.0. The van der Waals surface area contributed by atoms with E-state index in [-0.39, 0.29) is 68.3 Å². The number of aryl methyl sites for hydroxylation is 2. The highest BCUT2D eigenvalue weighted by Crippen LogP contribution is 2.36. The van der Waals surface area contributed by atoms with Gasteiger partial charge in [0.2, 0.25) is 10.0 Å². The Morgan fingerprint density at radius 2 is 1.63 bits per heavy atom. The maximum Gasteiger partial charge on any atom is 0.405 e. The molecular formula is C35H31ClF2N6O7S. The number of nitrogens with one attached hydrogen (secondary N) is 2. The van der Waals surface area contributed by atoms with Gasteiger partial charge in [-0.3, -0.25) is 18.8 Å². The molecule has 0 saturated heterocycles. The van der Waals surface area contributed by atoms with Crippen molar-refractivity contribution in [1.82, 2.24) is 24.6 Å². The van der Waals surface area contributed by atoms with Crippen LogP contribution < -0.4 is 25.1 Å². The van der Waals surface area contributed by atoms with Crippen LogP contribution in [0, 0.1) is 11.6 Å². The van der Waals surface area contributed by atoms with E-state index in [1.165, 1.54) is 50.2 Å². The topological polar surface area (TPSA) is 167 Å². The molecular weight excluding hydrogens is 722 g/mol. The lowest BCUT2D eigenvalue weighted by atomic mass is 10.0. The van der Waals surface area contributed by atoms with Gasteiger partial charge in [0.1, 0.15) is 29.0 Å². The Bertz CT molecular complexity index is 2490. The SMILES string of the molecule is COc1ccc(CCS(=O)(=O)Nc2nn(C)c3c(-n4c([C@H](Cc5cc(F)cc(F)c5)NC(=O)O)nc5cc(OC)ccc5c4=O)ccc(Cl)c23)cc1. The van der Waals surface area contributed by atoms with Crippen LogP contribution in [-0.4, -0.2) is 58.9 Å². The van der Waals surface area contributed by atoms with Gasteiger partial charge < -0.3 is 19.9 Å². The molecule has 0 unspecified atom stereocenters. The van der Waals surface area contributed by atoms with Crippen LogP contribution in [-0.2, 0) is 29.9 Å². The Labute approximate surface area is 300 Å². The molecule has 52 heavy (non-hydrogen) atoms. The smallest absolute Gasteiger partial charge is 0.405 e. The third kappa shape index (κ3) is 7.48. The summed E-state index contributed by atoms with van der Waals surface area (Å²) >= 11 is 6.66. The quantitative estimate of drug-likeness (QED) is 0.141. The summed E-state index contributed by atoms with van der Waals surface area (Å²) in [6, 6.07) is 15.8. The standard InChI is InChI=1S/C35H31ClF2N6O7S/c1-43-31-29(11-10-26(36)30(31)32(41-43)42-52(48,49)13-12-19-4-6-23(50-2)7-5-19)44-33(39-27-18-24(51-3)8-9-25(27)34(44)45)28(40-35(46)47)16-20-14-21(37)17-22(38)15-20/h4-11,14-15,17-18,28,40H,12-13,16H2,1-3H3,(H,41,42)(H,46,47)/t28-/m0/s1. The number of carbonyl (C=O) groups is 1. The minimum atomic E-state index is -3.99. The van der Waals surface area contributed by atoms with Gasteiger partial charge in [-0.05, 0) is 66.1 Å². The number of nitrogens with zero attached hydrogens (tertiary/aromatic N) is 4. The van der Waals surface area contributed by atoms with Crippen LogP contribution in [0.2, 0.25) is 5.02 Å². The molecule has 3 N–H and O–H groups in total. The van der Waals surface area contributed by atoms with Gasteiger partial charge in [-0.15, -0.1) is 0 Å². The largest absolute Gasteiger partial charge is 0.497 e. The molecule has 1 atom stereocenters. The number of sulfonamides is 1. The van der Waals surface area contributed by atoms with Crippen molar-refractivity contribution in [2.75, 3.05) is 24.7 Å². The van der Waals surface area contributed by atoms with Crippen LogP contribution in [0.3, 0.4) is 0 Å². The summed E-state index contributed by atoms with van der Waals surface area (Å²) in [6.07, 6.45) is -1.63. The van der Waals surface area contributed by atoms with Gasteiger partial charge in [-0.2, -0.15) is 5.10 Å². The minimum Gasteiger partial charge on any atom is -0.497 e. The van der Waals surface area contributed by atoms with E-state index in [0.29, 0.717) is 17.6 Å². The molecule has 2 heterocycles. The average Bonchev–Trinajstić information content (AvgIpc) is 3.42. The lowest BCUT2D eigenvalue weighted by Crippen LogP contribution is -2.35. The Morgan fingerprint density at radius 1 is 0.962 bits per heavy atom. The number of halogens is 3. The van der Waals surface area contributed by atoms with Crippen molar-refractivity contribution in [3.63, 3.8) is 0 Å². The van der Waals surface area contributed by atoms with Crippen molar-refractivity contribution in [2.45, 2.75) is 18.9 Å². The molecule has 6 aromatic rings. The normalized spacial score (nSPS) is 12.2. The fourth-order valence-corrected chi connectivity index (χ4v) is 7.24. The molecule has 0 aliphatic carbocycles. The summed E-state index contributed by atoms with van der Waals surface area (Å²) in [6.45, 7) is 0. The fraction of sp³-hybridized carbons (Fsp3) is 0.200. The van der Waals surface area contributed by atoms with Crippen molar-refractivity contribution in [3.8, 4) is 17.2 Å². The van der Waals surface area contributed by atoms with Gasteiger partial charge in [0.05, 0.1) is 58.5 Å². The molecule has 0 radical (unpaired) electrons. The molecule has 17 heteroatoms. The second-order valence-corrected chi connectivity index (χ2v) is 14.0. The summed E-state index contributed by atoms with van der Waals surface area (Å²) in [4.78, 5) is 31.3. The molecule has 0 saturated carbocycles. The first-order chi connectivity index (χ1) is 24.8. The van der Waals surface area contributed by atoms with Gasteiger partial charge in [0.15, 0.2) is 5.82 Å². The van der Waals surface area contributed by atoms with E-state index in [9.17, 15) is 31.9 Å². The zero-order valence-electron chi connectivity index (χ0n) is 27.9. The first-order valence-corrected chi connectivity index (χ1v) is 17.6. The molecule has 0 fully saturated rings. The van der Waals surface area contributed by atoms with E-state index in [1.807, 2.05) is 0 Å². The molecule has 0 aliphatic rings. The molecule has 0 aliphatic heterocycles. The van der Waals surface area contributed by atoms with E-state index in [1.54, 1.807) is 30.3 Å². The number of amides is 1. The first-order valence-electron chi connectivity index (χ1n) is 15.6. The Morgan fingerprint density at radius 3 is 2.29 bits per heavy atom. The van der Waals surface area contributed by atoms with Crippen molar-refractivity contribution in [2.24, 2.45) is 7.05 Å². The van der Waals surface area contributed by atoms with Crippen molar-refractivity contribution >= 4 is 55.3 Å². The molecule has 13 nitrogen and oxygen atoms in total. The van der Waals surface area contributed by atoms with E-state index >= 15 is 0 Å². The second kappa shape index (κ2) is 14.5. The average molecular weight is 753 g/mol. The number of benzene rings is 4. The number of hydrogen-bond donors (Lipinski definition) is 3. The summed E-state index contributed by atoms with van der Waals surface area (Å²) in [5.74, 6) is -1.32.